The van der Waals surface area contributed by atoms with Crippen molar-refractivity contribution in [3.05, 3.63) is 35.9 Å². The molecule has 1 aliphatic heterocycles. The van der Waals surface area contributed by atoms with E-state index in [-0.39, 0.29) is 32.1 Å². The van der Waals surface area contributed by atoms with Crippen LogP contribution in [0.4, 0.5) is 4.79 Å². The fraction of sp³-hybridized carbons (Fsp3) is 0.538. The smallest absolute Gasteiger partial charge is 0.408 e. The Hall–Kier alpha value is -4.20. The number of hydrazine groups is 1. The van der Waals surface area contributed by atoms with Crippen LogP contribution in [0, 0.1) is 5.92 Å². The number of benzene rings is 1. The molecule has 40 heavy (non-hydrogen) atoms. The van der Waals surface area contributed by atoms with E-state index in [1.807, 2.05) is 13.8 Å². The number of nitrogens with one attached hydrogen (secondary N) is 3. The zero-order valence-corrected chi connectivity index (χ0v) is 22.9. The summed E-state index contributed by atoms with van der Waals surface area (Å²) in [6.07, 6.45) is -3.80. The Labute approximate surface area is 231 Å². The third kappa shape index (κ3) is 10.5. The normalized spacial score (nSPS) is 17.1. The van der Waals surface area contributed by atoms with Gasteiger partial charge in [-0.25, -0.2) is 9.59 Å². The zero-order chi connectivity index (χ0) is 29.8. The van der Waals surface area contributed by atoms with E-state index in [1.54, 1.807) is 37.3 Å². The van der Waals surface area contributed by atoms with Gasteiger partial charge in [0, 0.05) is 13.0 Å². The van der Waals surface area contributed by atoms with Crippen molar-refractivity contribution in [2.45, 2.75) is 71.4 Å². The van der Waals surface area contributed by atoms with E-state index in [0.29, 0.717) is 5.56 Å². The lowest BCUT2D eigenvalue weighted by Gasteiger charge is -2.27. The molecular formula is C26H36N4O10. The third-order valence-corrected chi connectivity index (χ3v) is 5.53. The predicted octanol–water partition coefficient (Wildman–Crippen LogP) is 0.497. The maximum Gasteiger partial charge on any atom is 0.408 e. The van der Waals surface area contributed by atoms with Crippen molar-refractivity contribution in [3.63, 3.8) is 0 Å². The lowest BCUT2D eigenvalue weighted by molar-refractivity contribution is -0.146. The van der Waals surface area contributed by atoms with E-state index < -0.39 is 66.5 Å². The highest BCUT2D eigenvalue weighted by molar-refractivity contribution is 5.95. The maximum atomic E-state index is 12.9. The first-order valence-corrected chi connectivity index (χ1v) is 12.9. The molecule has 14 nitrogen and oxygen atoms in total. The molecule has 1 fully saturated rings. The Kier molecular flexibility index (Phi) is 12.3. The average Bonchev–Trinajstić information content (AvgIpc) is 3.70. The third-order valence-electron chi connectivity index (χ3n) is 5.53. The average molecular weight is 565 g/mol. The number of rotatable bonds is 14. The molecule has 4 atom stereocenters. The molecule has 1 saturated heterocycles. The molecule has 1 aliphatic rings. The fourth-order valence-electron chi connectivity index (χ4n) is 3.47. The molecule has 4 amide bonds. The van der Waals surface area contributed by atoms with E-state index in [0.717, 1.165) is 5.01 Å². The SMILES string of the molecule is CCOC(=O)[C@H]1O[C@@H]1C(=O)N(CC(C)C)NC(=O)[C@H](C)NC(=O)[C@H](CCC(=O)O)NC(=O)OCc1ccccc1. The van der Waals surface area contributed by atoms with Gasteiger partial charge in [0.25, 0.3) is 11.8 Å². The first-order valence-electron chi connectivity index (χ1n) is 12.9. The predicted molar refractivity (Wildman–Crippen MR) is 138 cm³/mol. The minimum absolute atomic E-state index is 0.0690. The molecule has 1 aromatic rings. The number of carboxylic acid groups (broad SMARTS) is 1. The number of nitrogens with zero attached hydrogens (tertiary/aromatic N) is 1. The number of hydrogen-bond acceptors (Lipinski definition) is 9. The van der Waals surface area contributed by atoms with Gasteiger partial charge in [-0.1, -0.05) is 44.2 Å². The lowest BCUT2D eigenvalue weighted by atomic mass is 10.1. The summed E-state index contributed by atoms with van der Waals surface area (Å²) in [6, 6.07) is 6.30. The van der Waals surface area contributed by atoms with Crippen LogP contribution in [0.2, 0.25) is 0 Å². The van der Waals surface area contributed by atoms with Crippen LogP contribution < -0.4 is 16.1 Å². The van der Waals surface area contributed by atoms with E-state index in [4.69, 9.17) is 19.3 Å². The number of carboxylic acids is 1. The Morgan fingerprint density at radius 3 is 2.25 bits per heavy atom. The number of ether oxygens (including phenoxy) is 3. The summed E-state index contributed by atoms with van der Waals surface area (Å²) in [5.74, 6) is -4.18. The molecule has 14 heteroatoms. The van der Waals surface area contributed by atoms with Crippen LogP contribution >= 0.6 is 0 Å². The van der Waals surface area contributed by atoms with E-state index >= 15 is 0 Å². The summed E-state index contributed by atoms with van der Waals surface area (Å²) in [5.41, 5.74) is 3.13. The van der Waals surface area contributed by atoms with Crippen LogP contribution in [0.5, 0.6) is 0 Å². The minimum Gasteiger partial charge on any atom is -0.481 e. The Balaban J connectivity index is 1.98. The molecule has 4 N–H and O–H groups in total. The molecular weight excluding hydrogens is 528 g/mol. The second-order valence-corrected chi connectivity index (χ2v) is 9.47. The molecule has 0 unspecified atom stereocenters. The number of carbonyl (C=O) groups excluding carboxylic acids is 5. The van der Waals surface area contributed by atoms with Crippen molar-refractivity contribution in [3.8, 4) is 0 Å². The number of aliphatic carboxylic acids is 1. The molecule has 1 heterocycles. The van der Waals surface area contributed by atoms with Crippen LogP contribution in [0.25, 0.3) is 0 Å². The van der Waals surface area contributed by atoms with Crippen molar-refractivity contribution < 1.29 is 48.1 Å². The van der Waals surface area contributed by atoms with Gasteiger partial charge in [0.2, 0.25) is 5.91 Å². The highest BCUT2D eigenvalue weighted by atomic mass is 16.6. The second-order valence-electron chi connectivity index (χ2n) is 9.47. The minimum atomic E-state index is -1.31. The molecule has 0 saturated carbocycles. The van der Waals surface area contributed by atoms with E-state index in [9.17, 15) is 28.8 Å². The number of amides is 4. The van der Waals surface area contributed by atoms with Crippen LogP contribution in [-0.4, -0.2) is 83.3 Å². The van der Waals surface area contributed by atoms with E-state index in [2.05, 4.69) is 16.1 Å². The van der Waals surface area contributed by atoms with Crippen molar-refractivity contribution in [2.75, 3.05) is 13.2 Å². The molecule has 1 aromatic carbocycles. The van der Waals surface area contributed by atoms with Gasteiger partial charge < -0.3 is 30.0 Å². The summed E-state index contributed by atoms with van der Waals surface area (Å²) < 4.78 is 15.1. The quantitative estimate of drug-likeness (QED) is 0.140. The summed E-state index contributed by atoms with van der Waals surface area (Å²) >= 11 is 0. The summed E-state index contributed by atoms with van der Waals surface area (Å²) in [7, 11) is 0. The van der Waals surface area contributed by atoms with Gasteiger partial charge >= 0.3 is 18.0 Å². The Morgan fingerprint density at radius 2 is 1.65 bits per heavy atom. The van der Waals surface area contributed by atoms with Crippen molar-refractivity contribution >= 4 is 35.8 Å². The highest BCUT2D eigenvalue weighted by Gasteiger charge is 2.53. The fourth-order valence-corrected chi connectivity index (χ4v) is 3.47. The van der Waals surface area contributed by atoms with Gasteiger partial charge in [-0.2, -0.15) is 0 Å². The van der Waals surface area contributed by atoms with Crippen LogP contribution in [0.1, 0.15) is 46.1 Å². The summed E-state index contributed by atoms with van der Waals surface area (Å²) in [4.78, 5) is 73.8. The molecule has 0 bridgehead atoms. The zero-order valence-electron chi connectivity index (χ0n) is 22.9. The van der Waals surface area contributed by atoms with Crippen molar-refractivity contribution in [1.29, 1.82) is 0 Å². The van der Waals surface area contributed by atoms with Gasteiger partial charge in [-0.05, 0) is 31.7 Å². The summed E-state index contributed by atoms with van der Waals surface area (Å²) in [5, 5.41) is 14.8. The number of alkyl carbamates (subject to hydrolysis) is 1. The largest absolute Gasteiger partial charge is 0.481 e. The topological polar surface area (TPSA) is 193 Å². The summed E-state index contributed by atoms with van der Waals surface area (Å²) in [6.45, 7) is 6.73. The monoisotopic (exact) mass is 564 g/mol. The highest BCUT2D eigenvalue weighted by Crippen LogP contribution is 2.25. The molecule has 220 valence electrons. The first kappa shape index (κ1) is 32.0. The first-order chi connectivity index (χ1) is 18.9. The second kappa shape index (κ2) is 15.4. The van der Waals surface area contributed by atoms with Crippen molar-refractivity contribution in [2.24, 2.45) is 5.92 Å². The number of esters is 1. The standard InChI is InChI=1S/C26H36N4O10/c1-5-38-25(36)21-20(40-21)24(35)30(13-15(2)3)29-22(33)16(4)27-23(34)18(11-12-19(31)32)28-26(37)39-14-17-9-7-6-8-10-17/h6-10,15-16,18,20-21H,5,11-14H2,1-4H3,(H,27,34)(H,28,37)(H,29,33)(H,31,32)/t16-,18-,20-,21-/m0/s1. The van der Waals surface area contributed by atoms with Crippen LogP contribution in [-0.2, 0) is 44.8 Å². The van der Waals surface area contributed by atoms with E-state index in [1.165, 1.54) is 6.92 Å². The molecule has 0 aromatic heterocycles. The van der Waals surface area contributed by atoms with Gasteiger partial charge in [0.1, 0.15) is 18.7 Å². The molecule has 0 spiro atoms. The van der Waals surface area contributed by atoms with Crippen molar-refractivity contribution in [1.82, 2.24) is 21.1 Å². The number of carbonyl (C=O) groups is 6. The lowest BCUT2D eigenvalue weighted by Crippen LogP contribution is -2.57. The van der Waals surface area contributed by atoms with Gasteiger partial charge in [-0.15, -0.1) is 0 Å². The van der Waals surface area contributed by atoms with Gasteiger partial charge in [0.15, 0.2) is 12.2 Å². The Bertz CT molecular complexity index is 1060. The number of hydrogen-bond donors (Lipinski definition) is 4. The molecule has 0 aliphatic carbocycles. The van der Waals surface area contributed by atoms with Gasteiger partial charge in [-0.3, -0.25) is 29.6 Å². The number of epoxide rings is 1. The Morgan fingerprint density at radius 1 is 0.975 bits per heavy atom. The molecule has 0 radical (unpaired) electrons. The van der Waals surface area contributed by atoms with Crippen LogP contribution in [0.3, 0.4) is 0 Å². The maximum absolute atomic E-state index is 12.9. The van der Waals surface area contributed by atoms with Gasteiger partial charge in [0.05, 0.1) is 6.61 Å². The molecule has 2 rings (SSSR count). The van der Waals surface area contributed by atoms with Crippen LogP contribution in [0.15, 0.2) is 30.3 Å².